The first-order valence-corrected chi connectivity index (χ1v) is 7.02. The van der Waals surface area contributed by atoms with Crippen LogP contribution in [0.3, 0.4) is 0 Å². The van der Waals surface area contributed by atoms with E-state index in [2.05, 4.69) is 47.0 Å². The van der Waals surface area contributed by atoms with Crippen LogP contribution in [0.2, 0.25) is 0 Å². The number of imidazole rings is 1. The Labute approximate surface area is 118 Å². The number of hydrogen-bond donors (Lipinski definition) is 1. The van der Waals surface area contributed by atoms with Crippen molar-refractivity contribution in [2.75, 3.05) is 5.32 Å². The fourth-order valence-corrected chi connectivity index (χ4v) is 2.42. The smallest absolute Gasteiger partial charge is 0.129 e. The maximum atomic E-state index is 4.70. The van der Waals surface area contributed by atoms with Crippen molar-refractivity contribution in [1.82, 2.24) is 19.3 Å². The quantitative estimate of drug-likeness (QED) is 0.774. The van der Waals surface area contributed by atoms with Gasteiger partial charge in [0.15, 0.2) is 0 Å². The Kier molecular flexibility index (Phi) is 3.41. The molecule has 0 saturated heterocycles. The molecule has 0 saturated carbocycles. The molecule has 0 fully saturated rings. The SMILES string of the molecule is CCn1cc(NCc2nc3ccccc3n2CC)cn1. The summed E-state index contributed by atoms with van der Waals surface area (Å²) in [5.74, 6) is 1.05. The Bertz CT molecular complexity index is 710. The monoisotopic (exact) mass is 269 g/mol. The van der Waals surface area contributed by atoms with Gasteiger partial charge in [0.1, 0.15) is 5.82 Å². The Morgan fingerprint density at radius 3 is 2.75 bits per heavy atom. The third-order valence-corrected chi connectivity index (χ3v) is 3.46. The predicted octanol–water partition coefficient (Wildman–Crippen LogP) is 2.88. The lowest BCUT2D eigenvalue weighted by Gasteiger charge is -2.06. The minimum atomic E-state index is 0.706. The zero-order chi connectivity index (χ0) is 13.9. The van der Waals surface area contributed by atoms with Gasteiger partial charge in [-0.25, -0.2) is 4.98 Å². The number of aryl methyl sites for hydroxylation is 2. The number of anilines is 1. The van der Waals surface area contributed by atoms with Gasteiger partial charge in [0.2, 0.25) is 0 Å². The summed E-state index contributed by atoms with van der Waals surface area (Å²) in [7, 11) is 0. The van der Waals surface area contributed by atoms with Crippen molar-refractivity contribution in [3.63, 3.8) is 0 Å². The average molecular weight is 269 g/mol. The largest absolute Gasteiger partial charge is 0.375 e. The van der Waals surface area contributed by atoms with Gasteiger partial charge in [0.05, 0.1) is 29.5 Å². The van der Waals surface area contributed by atoms with Crippen molar-refractivity contribution in [1.29, 1.82) is 0 Å². The molecule has 0 aliphatic rings. The van der Waals surface area contributed by atoms with Crippen LogP contribution in [0.15, 0.2) is 36.7 Å². The maximum Gasteiger partial charge on any atom is 0.129 e. The van der Waals surface area contributed by atoms with Crippen molar-refractivity contribution in [3.8, 4) is 0 Å². The van der Waals surface area contributed by atoms with E-state index in [1.807, 2.05) is 23.1 Å². The molecule has 104 valence electrons. The number of nitrogens with one attached hydrogen (secondary N) is 1. The number of para-hydroxylation sites is 2. The lowest BCUT2D eigenvalue weighted by atomic mass is 10.3. The van der Waals surface area contributed by atoms with Gasteiger partial charge < -0.3 is 9.88 Å². The van der Waals surface area contributed by atoms with Crippen molar-refractivity contribution >= 4 is 16.7 Å². The number of nitrogens with zero attached hydrogens (tertiary/aromatic N) is 4. The van der Waals surface area contributed by atoms with Crippen molar-refractivity contribution in [2.45, 2.75) is 33.5 Å². The molecule has 0 spiro atoms. The molecule has 3 aromatic rings. The first-order valence-electron chi connectivity index (χ1n) is 7.02. The molecule has 5 heteroatoms. The van der Waals surface area contributed by atoms with E-state index >= 15 is 0 Å². The second-order valence-electron chi connectivity index (χ2n) is 4.70. The topological polar surface area (TPSA) is 47.7 Å². The van der Waals surface area contributed by atoms with Crippen LogP contribution in [0.5, 0.6) is 0 Å². The second kappa shape index (κ2) is 5.36. The van der Waals surface area contributed by atoms with Gasteiger partial charge in [-0.2, -0.15) is 5.10 Å². The van der Waals surface area contributed by atoms with Crippen LogP contribution in [-0.2, 0) is 19.6 Å². The third kappa shape index (κ3) is 2.27. The lowest BCUT2D eigenvalue weighted by Crippen LogP contribution is -2.07. The third-order valence-electron chi connectivity index (χ3n) is 3.46. The summed E-state index contributed by atoms with van der Waals surface area (Å²) in [4.78, 5) is 4.70. The predicted molar refractivity (Wildman–Crippen MR) is 80.6 cm³/mol. The highest BCUT2D eigenvalue weighted by molar-refractivity contribution is 5.75. The second-order valence-corrected chi connectivity index (χ2v) is 4.70. The first-order chi connectivity index (χ1) is 9.81. The van der Waals surface area contributed by atoms with Crippen LogP contribution >= 0.6 is 0 Å². The molecule has 20 heavy (non-hydrogen) atoms. The van der Waals surface area contributed by atoms with Gasteiger partial charge in [-0.3, -0.25) is 4.68 Å². The van der Waals surface area contributed by atoms with E-state index in [4.69, 9.17) is 4.98 Å². The van der Waals surface area contributed by atoms with Gasteiger partial charge in [0, 0.05) is 19.3 Å². The molecular formula is C15H19N5. The van der Waals surface area contributed by atoms with E-state index in [1.165, 1.54) is 5.52 Å². The molecule has 0 aliphatic carbocycles. The minimum absolute atomic E-state index is 0.706. The summed E-state index contributed by atoms with van der Waals surface area (Å²) in [6, 6.07) is 8.25. The highest BCUT2D eigenvalue weighted by atomic mass is 15.3. The summed E-state index contributed by atoms with van der Waals surface area (Å²) < 4.78 is 4.15. The summed E-state index contributed by atoms with van der Waals surface area (Å²) >= 11 is 0. The Balaban J connectivity index is 1.83. The normalized spacial score (nSPS) is 11.1. The van der Waals surface area contributed by atoms with Crippen LogP contribution in [0, 0.1) is 0 Å². The van der Waals surface area contributed by atoms with Crippen molar-refractivity contribution in [2.24, 2.45) is 0 Å². The maximum absolute atomic E-state index is 4.70. The highest BCUT2D eigenvalue weighted by Gasteiger charge is 2.08. The summed E-state index contributed by atoms with van der Waals surface area (Å²) in [6.45, 7) is 6.73. The van der Waals surface area contributed by atoms with Crippen molar-refractivity contribution in [3.05, 3.63) is 42.5 Å². The molecule has 0 bridgehead atoms. The van der Waals surface area contributed by atoms with E-state index < -0.39 is 0 Å². The standard InChI is InChI=1S/C15H19N5/c1-3-19-11-12(9-17-19)16-10-15-18-13-7-5-6-8-14(13)20(15)4-2/h5-9,11,16H,3-4,10H2,1-2H3. The molecule has 0 radical (unpaired) electrons. The number of hydrogen-bond acceptors (Lipinski definition) is 3. The molecule has 0 atom stereocenters. The molecule has 5 nitrogen and oxygen atoms in total. The summed E-state index contributed by atoms with van der Waals surface area (Å²) in [5.41, 5.74) is 3.27. The van der Waals surface area contributed by atoms with Gasteiger partial charge in [0.25, 0.3) is 0 Å². The zero-order valence-corrected chi connectivity index (χ0v) is 11.9. The molecule has 0 aliphatic heterocycles. The number of fused-ring (bicyclic) bond motifs is 1. The molecule has 2 heterocycles. The fraction of sp³-hybridized carbons (Fsp3) is 0.333. The molecular weight excluding hydrogens is 250 g/mol. The van der Waals surface area contributed by atoms with Gasteiger partial charge in [-0.15, -0.1) is 0 Å². The van der Waals surface area contributed by atoms with E-state index in [1.54, 1.807) is 0 Å². The number of benzene rings is 1. The van der Waals surface area contributed by atoms with E-state index in [-0.39, 0.29) is 0 Å². The van der Waals surface area contributed by atoms with Crippen LogP contribution in [-0.4, -0.2) is 19.3 Å². The van der Waals surface area contributed by atoms with Crippen LogP contribution < -0.4 is 5.32 Å². The Morgan fingerprint density at radius 2 is 2.00 bits per heavy atom. The first kappa shape index (κ1) is 12.7. The van der Waals surface area contributed by atoms with Crippen LogP contribution in [0.25, 0.3) is 11.0 Å². The van der Waals surface area contributed by atoms with Crippen LogP contribution in [0.1, 0.15) is 19.7 Å². The van der Waals surface area contributed by atoms with Gasteiger partial charge in [-0.05, 0) is 26.0 Å². The van der Waals surface area contributed by atoms with Gasteiger partial charge >= 0.3 is 0 Å². The highest BCUT2D eigenvalue weighted by Crippen LogP contribution is 2.17. The fourth-order valence-electron chi connectivity index (χ4n) is 2.42. The Hall–Kier alpha value is -2.30. The molecule has 3 rings (SSSR count). The summed E-state index contributed by atoms with van der Waals surface area (Å²) in [5, 5.41) is 7.64. The summed E-state index contributed by atoms with van der Waals surface area (Å²) in [6.07, 6.45) is 3.86. The number of aromatic nitrogens is 4. The van der Waals surface area contributed by atoms with E-state index in [0.29, 0.717) is 6.54 Å². The lowest BCUT2D eigenvalue weighted by molar-refractivity contribution is 0.660. The molecule has 2 aromatic heterocycles. The van der Waals surface area contributed by atoms with E-state index in [0.717, 1.165) is 30.1 Å². The molecule has 0 unspecified atom stereocenters. The van der Waals surface area contributed by atoms with Crippen molar-refractivity contribution < 1.29 is 0 Å². The molecule has 1 aromatic carbocycles. The molecule has 0 amide bonds. The van der Waals surface area contributed by atoms with Gasteiger partial charge in [-0.1, -0.05) is 12.1 Å². The number of rotatable bonds is 5. The Morgan fingerprint density at radius 1 is 1.15 bits per heavy atom. The molecule has 1 N–H and O–H groups in total. The zero-order valence-electron chi connectivity index (χ0n) is 11.9. The van der Waals surface area contributed by atoms with Crippen LogP contribution in [0.4, 0.5) is 5.69 Å². The van der Waals surface area contributed by atoms with E-state index in [9.17, 15) is 0 Å². The minimum Gasteiger partial charge on any atom is -0.375 e. The average Bonchev–Trinajstić information content (AvgIpc) is 3.08.